The maximum Gasteiger partial charge on any atom is 0.338 e. The average Bonchev–Trinajstić information content (AvgIpc) is 2.81. The number of alkyl halides is 1. The molecule has 0 spiro atoms. The molecule has 3 rings (SSSR count). The number of fused-ring (bicyclic) bond motifs is 1. The van der Waals surface area contributed by atoms with E-state index in [1.807, 2.05) is 4.57 Å². The fraction of sp³-hybridized carbons (Fsp3) is 0.467. The zero-order chi connectivity index (χ0) is 15.7. The van der Waals surface area contributed by atoms with Gasteiger partial charge < -0.3 is 14.0 Å². The van der Waals surface area contributed by atoms with E-state index >= 15 is 0 Å². The minimum absolute atomic E-state index is 0.0775. The number of rotatable bonds is 5. The summed E-state index contributed by atoms with van der Waals surface area (Å²) >= 11 is 5.91. The molecule has 5 nitrogen and oxygen atoms in total. The van der Waals surface area contributed by atoms with Crippen molar-refractivity contribution in [3.63, 3.8) is 0 Å². The first-order chi connectivity index (χ1) is 10.6. The normalized spacial score (nSPS) is 17.5. The van der Waals surface area contributed by atoms with Gasteiger partial charge in [0, 0.05) is 6.61 Å². The molecule has 118 valence electrons. The van der Waals surface area contributed by atoms with Crippen LogP contribution in [-0.4, -0.2) is 34.8 Å². The Balaban J connectivity index is 2.08. The first-order valence-electron chi connectivity index (χ1n) is 7.17. The predicted octanol–water partition coefficient (Wildman–Crippen LogP) is 2.88. The Morgan fingerprint density at radius 1 is 1.59 bits per heavy atom. The van der Waals surface area contributed by atoms with Crippen LogP contribution in [0.15, 0.2) is 12.1 Å². The van der Waals surface area contributed by atoms with Crippen LogP contribution >= 0.6 is 11.6 Å². The van der Waals surface area contributed by atoms with Crippen molar-refractivity contribution in [2.24, 2.45) is 0 Å². The lowest BCUT2D eigenvalue weighted by molar-refractivity contribution is -0.0589. The zero-order valence-corrected chi connectivity index (χ0v) is 12.9. The fourth-order valence-electron chi connectivity index (χ4n) is 2.50. The van der Waals surface area contributed by atoms with E-state index in [4.69, 9.17) is 21.1 Å². The van der Waals surface area contributed by atoms with E-state index < -0.39 is 11.8 Å². The molecule has 2 aromatic rings. The highest BCUT2D eigenvalue weighted by atomic mass is 35.5. The molecule has 1 saturated heterocycles. The number of nitrogens with zero attached hydrogens (tertiary/aromatic N) is 2. The standard InChI is InChI=1S/C15H16ClFN2O3/c1-2-21-15(20)9-5-11(17)14-12(6-9)19(13(7-16)18-14)8-10-3-4-22-10/h5-6,10H,2-4,7-8H2,1H3/t10-/m0/s1. The largest absolute Gasteiger partial charge is 0.462 e. The van der Waals surface area contributed by atoms with Gasteiger partial charge in [-0.3, -0.25) is 0 Å². The summed E-state index contributed by atoms with van der Waals surface area (Å²) < 4.78 is 26.4. The molecule has 7 heteroatoms. The molecule has 0 bridgehead atoms. The number of carbonyl (C=O) groups is 1. The van der Waals surface area contributed by atoms with Crippen LogP contribution in [0.25, 0.3) is 11.0 Å². The number of halogens is 2. The Morgan fingerprint density at radius 2 is 2.36 bits per heavy atom. The Kier molecular flexibility index (Phi) is 4.31. The van der Waals surface area contributed by atoms with Crippen LogP contribution in [0.2, 0.25) is 0 Å². The molecule has 2 heterocycles. The highest BCUT2D eigenvalue weighted by Crippen LogP contribution is 2.25. The molecule has 0 N–H and O–H groups in total. The molecule has 1 fully saturated rings. The van der Waals surface area contributed by atoms with Gasteiger partial charge in [0.2, 0.25) is 0 Å². The number of aromatic nitrogens is 2. The molecule has 22 heavy (non-hydrogen) atoms. The van der Waals surface area contributed by atoms with Crippen LogP contribution in [-0.2, 0) is 21.9 Å². The van der Waals surface area contributed by atoms with Crippen LogP contribution in [0, 0.1) is 5.82 Å². The molecule has 0 radical (unpaired) electrons. The van der Waals surface area contributed by atoms with Gasteiger partial charge in [-0.05, 0) is 25.5 Å². The van der Waals surface area contributed by atoms with Gasteiger partial charge in [-0.1, -0.05) is 0 Å². The van der Waals surface area contributed by atoms with Gasteiger partial charge in [0.25, 0.3) is 0 Å². The van der Waals surface area contributed by atoms with Crippen LogP contribution in [0.1, 0.15) is 29.5 Å². The van der Waals surface area contributed by atoms with Crippen molar-refractivity contribution in [3.05, 3.63) is 29.3 Å². The molecule has 0 saturated carbocycles. The first kappa shape index (κ1) is 15.2. The number of carbonyl (C=O) groups excluding carboxylic acids is 1. The van der Waals surface area contributed by atoms with E-state index in [1.54, 1.807) is 13.0 Å². The van der Waals surface area contributed by atoms with Gasteiger partial charge in [-0.15, -0.1) is 11.6 Å². The van der Waals surface area contributed by atoms with E-state index in [9.17, 15) is 9.18 Å². The molecule has 0 unspecified atom stereocenters. The lowest BCUT2D eigenvalue weighted by atomic mass is 10.1. The van der Waals surface area contributed by atoms with E-state index in [-0.39, 0.29) is 29.7 Å². The molecular formula is C15H16ClFN2O3. The maximum atomic E-state index is 14.3. The summed E-state index contributed by atoms with van der Waals surface area (Å²) in [6.07, 6.45) is 1.02. The second kappa shape index (κ2) is 6.22. The highest BCUT2D eigenvalue weighted by Gasteiger charge is 2.23. The van der Waals surface area contributed by atoms with Gasteiger partial charge in [-0.2, -0.15) is 0 Å². The Morgan fingerprint density at radius 3 is 2.95 bits per heavy atom. The zero-order valence-electron chi connectivity index (χ0n) is 12.1. The number of hydrogen-bond acceptors (Lipinski definition) is 4. The van der Waals surface area contributed by atoms with Crippen molar-refractivity contribution in [2.45, 2.75) is 31.9 Å². The number of hydrogen-bond donors (Lipinski definition) is 0. The molecular weight excluding hydrogens is 311 g/mol. The summed E-state index contributed by atoms with van der Waals surface area (Å²) in [5.41, 5.74) is 0.917. The third kappa shape index (κ3) is 2.68. The highest BCUT2D eigenvalue weighted by molar-refractivity contribution is 6.16. The molecule has 1 aliphatic heterocycles. The van der Waals surface area contributed by atoms with Crippen molar-refractivity contribution in [1.82, 2.24) is 9.55 Å². The Labute approximate surface area is 132 Å². The number of esters is 1. The summed E-state index contributed by atoms with van der Waals surface area (Å²) in [5, 5.41) is 0. The monoisotopic (exact) mass is 326 g/mol. The molecule has 0 amide bonds. The Bertz CT molecular complexity index is 712. The molecule has 1 aliphatic rings. The number of ether oxygens (including phenoxy) is 2. The van der Waals surface area contributed by atoms with Gasteiger partial charge in [0.1, 0.15) is 11.3 Å². The quantitative estimate of drug-likeness (QED) is 0.626. The molecule has 1 aromatic carbocycles. The second-order valence-electron chi connectivity index (χ2n) is 5.10. The van der Waals surface area contributed by atoms with Crippen molar-refractivity contribution >= 4 is 28.6 Å². The van der Waals surface area contributed by atoms with Crippen LogP contribution in [0.3, 0.4) is 0 Å². The van der Waals surface area contributed by atoms with E-state index in [0.717, 1.165) is 19.1 Å². The molecule has 1 atom stereocenters. The van der Waals surface area contributed by atoms with Crippen molar-refractivity contribution in [3.8, 4) is 0 Å². The van der Waals surface area contributed by atoms with Gasteiger partial charge in [-0.25, -0.2) is 14.2 Å². The second-order valence-corrected chi connectivity index (χ2v) is 5.37. The minimum atomic E-state index is -0.555. The van der Waals surface area contributed by atoms with Gasteiger partial charge >= 0.3 is 5.97 Å². The summed E-state index contributed by atoms with van der Waals surface area (Å²) in [5.74, 6) is -0.383. The number of imidazole rings is 1. The summed E-state index contributed by atoms with van der Waals surface area (Å²) in [6, 6.07) is 2.74. The van der Waals surface area contributed by atoms with Gasteiger partial charge in [0.05, 0.1) is 36.2 Å². The summed E-state index contributed by atoms with van der Waals surface area (Å²) in [6.45, 7) is 3.22. The first-order valence-corrected chi connectivity index (χ1v) is 7.70. The third-order valence-electron chi connectivity index (χ3n) is 3.70. The SMILES string of the molecule is CCOC(=O)c1cc(F)c2nc(CCl)n(C[C@@H]3CCO3)c2c1. The van der Waals surface area contributed by atoms with Gasteiger partial charge in [0.15, 0.2) is 5.82 Å². The van der Waals surface area contributed by atoms with Crippen molar-refractivity contribution < 1.29 is 18.7 Å². The Hall–Kier alpha value is -1.66. The minimum Gasteiger partial charge on any atom is -0.462 e. The smallest absolute Gasteiger partial charge is 0.338 e. The summed E-state index contributed by atoms with van der Waals surface area (Å²) in [4.78, 5) is 16.1. The lowest BCUT2D eigenvalue weighted by Gasteiger charge is -2.27. The fourth-order valence-corrected chi connectivity index (χ4v) is 2.70. The lowest BCUT2D eigenvalue weighted by Crippen LogP contribution is -2.31. The van der Waals surface area contributed by atoms with E-state index in [2.05, 4.69) is 4.98 Å². The molecule has 0 aliphatic carbocycles. The van der Waals surface area contributed by atoms with Crippen molar-refractivity contribution in [1.29, 1.82) is 0 Å². The van der Waals surface area contributed by atoms with Crippen LogP contribution < -0.4 is 0 Å². The average molecular weight is 327 g/mol. The maximum absolute atomic E-state index is 14.3. The third-order valence-corrected chi connectivity index (χ3v) is 3.94. The van der Waals surface area contributed by atoms with Crippen molar-refractivity contribution in [2.75, 3.05) is 13.2 Å². The molecule has 1 aromatic heterocycles. The van der Waals surface area contributed by atoms with Crippen LogP contribution in [0.4, 0.5) is 4.39 Å². The number of benzene rings is 1. The predicted molar refractivity (Wildman–Crippen MR) is 79.6 cm³/mol. The topological polar surface area (TPSA) is 53.3 Å². The van der Waals surface area contributed by atoms with Crippen LogP contribution in [0.5, 0.6) is 0 Å². The van der Waals surface area contributed by atoms with E-state index in [1.165, 1.54) is 0 Å². The summed E-state index contributed by atoms with van der Waals surface area (Å²) in [7, 11) is 0. The van der Waals surface area contributed by atoms with E-state index in [0.29, 0.717) is 17.9 Å².